The largest absolute Gasteiger partial charge is 0.511 e. The van der Waals surface area contributed by atoms with Crippen molar-refractivity contribution < 1.29 is 53.0 Å². The summed E-state index contributed by atoms with van der Waals surface area (Å²) in [6.07, 6.45) is -2.15. The maximum atomic E-state index is 13.0. The minimum Gasteiger partial charge on any atom is -0.449 e. The van der Waals surface area contributed by atoms with Crippen molar-refractivity contribution in [3.8, 4) is 5.75 Å². The molecule has 0 aliphatic carbocycles. The number of methoxy groups -OCH3 is 1. The topological polar surface area (TPSA) is 282 Å². The van der Waals surface area contributed by atoms with Crippen molar-refractivity contribution in [3.05, 3.63) is 63.7 Å². The first-order chi connectivity index (χ1) is 22.0. The highest BCUT2D eigenvalue weighted by atomic mass is 16.7. The molecule has 2 aromatic rings. The van der Waals surface area contributed by atoms with Crippen molar-refractivity contribution >= 4 is 46.9 Å². The van der Waals surface area contributed by atoms with Crippen LogP contribution in [0.3, 0.4) is 0 Å². The van der Waals surface area contributed by atoms with Crippen LogP contribution in [0.25, 0.3) is 0 Å². The Balaban J connectivity index is 2.08. The highest BCUT2D eigenvalue weighted by molar-refractivity contribution is 6.11. The standard InChI is InChI=1S/C29H36N6O12/c1-16(32-27(40)29(2,31)23(36)15-46-11-10-45-3)25(38)34-21(14-24(30)37)26(39)33-19-6-4-17(5-7-19)12-18-13-20(35(43)44)8-9-22(18)47-28(41)42/h4-9,13,16,21H,10-12,14-15,31H2,1-3H3,(H2,30,37)(H,32,40)(H,33,39)(H,34,38)(H,41,42)/t16-,21-,29+/m0/s1. The van der Waals surface area contributed by atoms with Crippen molar-refractivity contribution in [1.29, 1.82) is 0 Å². The average molecular weight is 661 g/mol. The summed E-state index contributed by atoms with van der Waals surface area (Å²) in [5, 5.41) is 27.3. The van der Waals surface area contributed by atoms with Crippen LogP contribution in [-0.2, 0) is 39.9 Å². The molecular weight excluding hydrogens is 624 g/mol. The van der Waals surface area contributed by atoms with Crippen LogP contribution >= 0.6 is 0 Å². The Labute approximate surface area is 268 Å². The van der Waals surface area contributed by atoms with Gasteiger partial charge in [0, 0.05) is 36.9 Å². The summed E-state index contributed by atoms with van der Waals surface area (Å²) >= 11 is 0. The van der Waals surface area contributed by atoms with E-state index >= 15 is 0 Å². The van der Waals surface area contributed by atoms with Gasteiger partial charge in [-0.25, -0.2) is 4.79 Å². The number of carbonyl (C=O) groups excluding carboxylic acids is 5. The number of anilines is 1. The zero-order valence-electron chi connectivity index (χ0n) is 25.8. The summed E-state index contributed by atoms with van der Waals surface area (Å²) in [5.74, 6) is -4.46. The zero-order chi connectivity index (χ0) is 35.3. The second kappa shape index (κ2) is 17.3. The molecule has 0 aliphatic rings. The summed E-state index contributed by atoms with van der Waals surface area (Å²) in [5.41, 5.74) is 9.85. The van der Waals surface area contributed by atoms with E-state index in [1.807, 2.05) is 0 Å². The molecule has 0 spiro atoms. The van der Waals surface area contributed by atoms with Crippen molar-refractivity contribution in [2.24, 2.45) is 11.5 Å². The first kappa shape index (κ1) is 37.7. The first-order valence-corrected chi connectivity index (χ1v) is 13.9. The molecule has 3 atom stereocenters. The number of carbonyl (C=O) groups is 6. The van der Waals surface area contributed by atoms with Gasteiger partial charge in [-0.1, -0.05) is 12.1 Å². The van der Waals surface area contributed by atoms with Gasteiger partial charge < -0.3 is 46.7 Å². The van der Waals surface area contributed by atoms with E-state index in [1.54, 1.807) is 12.1 Å². The Morgan fingerprint density at radius 2 is 1.68 bits per heavy atom. The molecule has 8 N–H and O–H groups in total. The Kier molecular flexibility index (Phi) is 13.9. The minimum absolute atomic E-state index is 0.0385. The molecular formula is C29H36N6O12. The lowest BCUT2D eigenvalue weighted by atomic mass is 9.96. The molecule has 2 rings (SSSR count). The Morgan fingerprint density at radius 1 is 1.02 bits per heavy atom. The molecule has 18 heteroatoms. The number of nitrogens with one attached hydrogen (secondary N) is 3. The molecule has 0 saturated carbocycles. The second-order valence-electron chi connectivity index (χ2n) is 10.4. The molecule has 18 nitrogen and oxygen atoms in total. The number of rotatable bonds is 18. The predicted octanol–water partition coefficient (Wildman–Crippen LogP) is -0.00470. The number of carboxylic acid groups (broad SMARTS) is 1. The van der Waals surface area contributed by atoms with Crippen LogP contribution in [0.1, 0.15) is 31.4 Å². The van der Waals surface area contributed by atoms with E-state index in [1.165, 1.54) is 38.3 Å². The van der Waals surface area contributed by atoms with E-state index in [4.69, 9.17) is 30.8 Å². The van der Waals surface area contributed by atoms with Gasteiger partial charge in [0.1, 0.15) is 24.4 Å². The van der Waals surface area contributed by atoms with Crippen LogP contribution in [-0.4, -0.2) is 90.2 Å². The van der Waals surface area contributed by atoms with Crippen LogP contribution in [0.4, 0.5) is 16.2 Å². The quantitative estimate of drug-likeness (QED) is 0.0307. The molecule has 2 aromatic carbocycles. The molecule has 0 fully saturated rings. The van der Waals surface area contributed by atoms with Crippen LogP contribution in [0.15, 0.2) is 42.5 Å². The summed E-state index contributed by atoms with van der Waals surface area (Å²) in [6.45, 7) is 2.27. The van der Waals surface area contributed by atoms with Gasteiger partial charge in [0.25, 0.3) is 5.69 Å². The number of ketones is 1. The molecule has 0 aromatic heterocycles. The molecule has 0 aliphatic heterocycles. The van der Waals surface area contributed by atoms with E-state index in [0.717, 1.165) is 13.0 Å². The van der Waals surface area contributed by atoms with Gasteiger partial charge in [0.05, 0.1) is 24.6 Å². The van der Waals surface area contributed by atoms with Crippen molar-refractivity contribution in [3.63, 3.8) is 0 Å². The number of hydrogen-bond donors (Lipinski definition) is 6. The fourth-order valence-corrected chi connectivity index (χ4v) is 3.87. The average Bonchev–Trinajstić information content (AvgIpc) is 2.99. The number of nitro benzene ring substituents is 1. The van der Waals surface area contributed by atoms with Gasteiger partial charge >= 0.3 is 6.16 Å². The monoisotopic (exact) mass is 660 g/mol. The third kappa shape index (κ3) is 11.8. The maximum Gasteiger partial charge on any atom is 0.511 e. The molecule has 0 heterocycles. The molecule has 0 unspecified atom stereocenters. The number of nitro groups is 1. The SMILES string of the molecule is COCCOCC(=O)[C@@](C)(N)C(=O)N[C@@H](C)C(=O)N[C@@H](CC(N)=O)C(=O)Nc1ccc(Cc2cc([N+](=O)[O-])ccc2OC(=O)O)cc1. The number of hydrogen-bond acceptors (Lipinski definition) is 12. The lowest BCUT2D eigenvalue weighted by Crippen LogP contribution is -2.62. The van der Waals surface area contributed by atoms with E-state index in [2.05, 4.69) is 16.0 Å². The minimum atomic E-state index is -2.04. The second-order valence-corrected chi connectivity index (χ2v) is 10.4. The number of ether oxygens (including phenoxy) is 3. The summed E-state index contributed by atoms with van der Waals surface area (Å²) in [4.78, 5) is 84.1. The van der Waals surface area contributed by atoms with Crippen LogP contribution in [0.5, 0.6) is 5.75 Å². The number of primary amides is 1. The molecule has 0 bridgehead atoms. The normalized spacial score (nSPS) is 13.3. The molecule has 4 amide bonds. The Bertz CT molecular complexity index is 1500. The van der Waals surface area contributed by atoms with Crippen molar-refractivity contribution in [2.75, 3.05) is 32.2 Å². The third-order valence-corrected chi connectivity index (χ3v) is 6.56. The highest BCUT2D eigenvalue weighted by Gasteiger charge is 2.38. The third-order valence-electron chi connectivity index (χ3n) is 6.56. The number of Topliss-reactive ketones (excluding diaryl/α,β-unsaturated/α-hetero) is 1. The zero-order valence-corrected chi connectivity index (χ0v) is 25.8. The van der Waals surface area contributed by atoms with E-state index in [-0.39, 0.29) is 42.3 Å². The molecule has 254 valence electrons. The van der Waals surface area contributed by atoms with Gasteiger partial charge in [-0.3, -0.25) is 34.1 Å². The van der Waals surface area contributed by atoms with Gasteiger partial charge in [0.2, 0.25) is 23.6 Å². The lowest BCUT2D eigenvalue weighted by molar-refractivity contribution is -0.384. The van der Waals surface area contributed by atoms with Crippen molar-refractivity contribution in [1.82, 2.24) is 10.6 Å². The molecule has 0 radical (unpaired) electrons. The molecule has 47 heavy (non-hydrogen) atoms. The van der Waals surface area contributed by atoms with E-state index in [0.29, 0.717) is 5.56 Å². The highest BCUT2D eigenvalue weighted by Crippen LogP contribution is 2.27. The van der Waals surface area contributed by atoms with Gasteiger partial charge in [-0.05, 0) is 37.6 Å². The van der Waals surface area contributed by atoms with Crippen LogP contribution < -0.4 is 32.2 Å². The lowest BCUT2D eigenvalue weighted by Gasteiger charge is -2.25. The number of amides is 4. The fourth-order valence-electron chi connectivity index (χ4n) is 3.87. The first-order valence-electron chi connectivity index (χ1n) is 13.9. The van der Waals surface area contributed by atoms with Gasteiger partial charge in [-0.15, -0.1) is 0 Å². The maximum absolute atomic E-state index is 13.0. The number of nitrogens with zero attached hydrogens (tertiary/aromatic N) is 1. The van der Waals surface area contributed by atoms with Crippen molar-refractivity contribution in [2.45, 2.75) is 44.3 Å². The smallest absolute Gasteiger partial charge is 0.449 e. The summed E-state index contributed by atoms with van der Waals surface area (Å²) < 4.78 is 14.6. The number of benzene rings is 2. The van der Waals surface area contributed by atoms with Crippen LogP contribution in [0.2, 0.25) is 0 Å². The Morgan fingerprint density at radius 3 is 2.26 bits per heavy atom. The molecule has 0 saturated heterocycles. The van der Waals surface area contributed by atoms with E-state index < -0.39 is 71.1 Å². The number of non-ortho nitro benzene ring substituents is 1. The summed E-state index contributed by atoms with van der Waals surface area (Å²) in [7, 11) is 1.44. The fraction of sp³-hybridized carbons (Fsp3) is 0.379. The van der Waals surface area contributed by atoms with Gasteiger partial charge in [-0.2, -0.15) is 0 Å². The van der Waals surface area contributed by atoms with Gasteiger partial charge in [0.15, 0.2) is 11.3 Å². The Hall–Kier alpha value is -5.46. The van der Waals surface area contributed by atoms with E-state index in [9.17, 15) is 38.9 Å². The number of nitrogens with two attached hydrogens (primary N) is 2. The summed E-state index contributed by atoms with van der Waals surface area (Å²) in [6, 6.07) is 6.73. The predicted molar refractivity (Wildman–Crippen MR) is 163 cm³/mol. The van der Waals surface area contributed by atoms with Crippen LogP contribution in [0, 0.1) is 10.1 Å².